The Balaban J connectivity index is 2.04. The van der Waals surface area contributed by atoms with Crippen LogP contribution in [0.25, 0.3) is 6.08 Å². The van der Waals surface area contributed by atoms with Crippen LogP contribution in [0.1, 0.15) is 40.9 Å². The highest BCUT2D eigenvalue weighted by Gasteiger charge is 2.22. The van der Waals surface area contributed by atoms with E-state index < -0.39 is 21.8 Å². The van der Waals surface area contributed by atoms with Crippen molar-refractivity contribution in [2.24, 2.45) is 0 Å². The van der Waals surface area contributed by atoms with Gasteiger partial charge in [0.25, 0.3) is 11.8 Å². The summed E-state index contributed by atoms with van der Waals surface area (Å²) in [6, 6.07) is 11.6. The molecule has 2 amide bonds. The standard InChI is InChI=1S/C22H27N3O4S/c1-5-25(6-2)30(28,29)20-9-7-8-19(15-20)22(27)24-23-21(26)13-12-18-11-10-16(3)14-17(18)4/h7-15H,5-6H2,1-4H3,(H,23,26)(H,24,27)/b13-12+. The third-order valence-corrected chi connectivity index (χ3v) is 6.62. The highest BCUT2D eigenvalue weighted by molar-refractivity contribution is 7.89. The molecule has 30 heavy (non-hydrogen) atoms. The third kappa shape index (κ3) is 5.77. The molecule has 0 aliphatic heterocycles. The van der Waals surface area contributed by atoms with Gasteiger partial charge in [0.05, 0.1) is 4.90 Å². The van der Waals surface area contributed by atoms with E-state index in [9.17, 15) is 18.0 Å². The molecule has 7 nitrogen and oxygen atoms in total. The number of rotatable bonds is 7. The maximum atomic E-state index is 12.6. The second kappa shape index (κ2) is 10.2. The number of carbonyl (C=O) groups excluding carboxylic acids is 2. The summed E-state index contributed by atoms with van der Waals surface area (Å²) >= 11 is 0. The van der Waals surface area contributed by atoms with Gasteiger partial charge in [-0.15, -0.1) is 0 Å². The zero-order chi connectivity index (χ0) is 22.3. The topological polar surface area (TPSA) is 95.6 Å². The molecule has 0 heterocycles. The fourth-order valence-corrected chi connectivity index (χ4v) is 4.43. The number of hydrazine groups is 1. The Morgan fingerprint density at radius 1 is 1.00 bits per heavy atom. The van der Waals surface area contributed by atoms with Gasteiger partial charge in [-0.1, -0.05) is 43.7 Å². The second-order valence-corrected chi connectivity index (χ2v) is 8.69. The number of amides is 2. The molecule has 2 rings (SSSR count). The Kier molecular flexibility index (Phi) is 7.91. The van der Waals surface area contributed by atoms with E-state index in [-0.39, 0.29) is 10.5 Å². The molecule has 2 N–H and O–H groups in total. The molecular weight excluding hydrogens is 402 g/mol. The van der Waals surface area contributed by atoms with Crippen LogP contribution < -0.4 is 10.9 Å². The summed E-state index contributed by atoms with van der Waals surface area (Å²) in [6.45, 7) is 8.10. The molecule has 0 radical (unpaired) electrons. The molecule has 0 saturated heterocycles. The second-order valence-electron chi connectivity index (χ2n) is 6.75. The molecule has 160 valence electrons. The van der Waals surface area contributed by atoms with Gasteiger partial charge in [0.15, 0.2) is 0 Å². The normalized spacial score (nSPS) is 11.6. The van der Waals surface area contributed by atoms with E-state index in [1.807, 2.05) is 32.0 Å². The Bertz CT molecular complexity index is 1060. The monoisotopic (exact) mass is 429 g/mol. The quantitative estimate of drug-likeness (QED) is 0.523. The van der Waals surface area contributed by atoms with Crippen LogP contribution in [-0.2, 0) is 14.8 Å². The number of hydrogen-bond donors (Lipinski definition) is 2. The van der Waals surface area contributed by atoms with E-state index in [4.69, 9.17) is 0 Å². The first-order chi connectivity index (χ1) is 14.2. The van der Waals surface area contributed by atoms with E-state index in [1.165, 1.54) is 34.6 Å². The highest BCUT2D eigenvalue weighted by Crippen LogP contribution is 2.17. The van der Waals surface area contributed by atoms with Gasteiger partial charge < -0.3 is 0 Å². The lowest BCUT2D eigenvalue weighted by Crippen LogP contribution is -2.40. The Hall–Kier alpha value is -2.97. The van der Waals surface area contributed by atoms with Crippen molar-refractivity contribution in [1.82, 2.24) is 15.2 Å². The average molecular weight is 430 g/mol. The lowest BCUT2D eigenvalue weighted by Gasteiger charge is -2.18. The van der Waals surface area contributed by atoms with Crippen LogP contribution in [0.15, 0.2) is 53.4 Å². The minimum atomic E-state index is -3.68. The van der Waals surface area contributed by atoms with Gasteiger partial charge in [0.2, 0.25) is 10.0 Å². The molecular formula is C22H27N3O4S. The van der Waals surface area contributed by atoms with Crippen molar-refractivity contribution in [3.8, 4) is 0 Å². The van der Waals surface area contributed by atoms with Crippen LogP contribution in [-0.4, -0.2) is 37.6 Å². The van der Waals surface area contributed by atoms with E-state index in [1.54, 1.807) is 19.9 Å². The first-order valence-corrected chi connectivity index (χ1v) is 11.1. The Morgan fingerprint density at radius 2 is 1.70 bits per heavy atom. The van der Waals surface area contributed by atoms with Crippen molar-refractivity contribution < 1.29 is 18.0 Å². The van der Waals surface area contributed by atoms with Crippen LogP contribution in [0.3, 0.4) is 0 Å². The third-order valence-electron chi connectivity index (χ3n) is 4.58. The summed E-state index contributed by atoms with van der Waals surface area (Å²) in [5, 5.41) is 0. The summed E-state index contributed by atoms with van der Waals surface area (Å²) in [6.07, 6.45) is 2.98. The summed E-state index contributed by atoms with van der Waals surface area (Å²) in [7, 11) is -3.68. The molecule has 0 atom stereocenters. The maximum Gasteiger partial charge on any atom is 0.269 e. The largest absolute Gasteiger partial charge is 0.269 e. The van der Waals surface area contributed by atoms with E-state index >= 15 is 0 Å². The predicted octanol–water partition coefficient (Wildman–Crippen LogP) is 2.81. The molecule has 0 aromatic heterocycles. The van der Waals surface area contributed by atoms with Crippen molar-refractivity contribution in [3.63, 3.8) is 0 Å². The molecule has 0 fully saturated rings. The zero-order valence-corrected chi connectivity index (χ0v) is 18.4. The predicted molar refractivity (Wildman–Crippen MR) is 117 cm³/mol. The summed E-state index contributed by atoms with van der Waals surface area (Å²) in [5.74, 6) is -1.12. The Labute approximate surface area is 177 Å². The molecule has 2 aromatic rings. The van der Waals surface area contributed by atoms with Gasteiger partial charge >= 0.3 is 0 Å². The lowest BCUT2D eigenvalue weighted by atomic mass is 10.1. The smallest absolute Gasteiger partial charge is 0.268 e. The summed E-state index contributed by atoms with van der Waals surface area (Å²) in [4.78, 5) is 24.4. The number of aryl methyl sites for hydroxylation is 2. The van der Waals surface area contributed by atoms with Crippen molar-refractivity contribution in [2.45, 2.75) is 32.6 Å². The van der Waals surface area contributed by atoms with Crippen LogP contribution in [0.4, 0.5) is 0 Å². The first-order valence-electron chi connectivity index (χ1n) is 9.65. The van der Waals surface area contributed by atoms with Crippen molar-refractivity contribution in [3.05, 3.63) is 70.8 Å². The van der Waals surface area contributed by atoms with Crippen molar-refractivity contribution in [1.29, 1.82) is 0 Å². The number of nitrogens with zero attached hydrogens (tertiary/aromatic N) is 1. The molecule has 0 saturated carbocycles. The zero-order valence-electron chi connectivity index (χ0n) is 17.6. The summed E-state index contributed by atoms with van der Waals surface area (Å²) in [5.41, 5.74) is 7.79. The van der Waals surface area contributed by atoms with Crippen LogP contribution in [0.5, 0.6) is 0 Å². The molecule has 0 bridgehead atoms. The van der Waals surface area contributed by atoms with E-state index in [2.05, 4.69) is 10.9 Å². The average Bonchev–Trinajstić information content (AvgIpc) is 2.72. The van der Waals surface area contributed by atoms with Gasteiger partial charge in [0, 0.05) is 24.7 Å². The van der Waals surface area contributed by atoms with Gasteiger partial charge in [-0.2, -0.15) is 4.31 Å². The van der Waals surface area contributed by atoms with Crippen LogP contribution in [0.2, 0.25) is 0 Å². The van der Waals surface area contributed by atoms with Gasteiger partial charge in [-0.25, -0.2) is 8.42 Å². The molecule has 0 aliphatic carbocycles. The van der Waals surface area contributed by atoms with Gasteiger partial charge in [0.1, 0.15) is 0 Å². The van der Waals surface area contributed by atoms with Crippen molar-refractivity contribution in [2.75, 3.05) is 13.1 Å². The van der Waals surface area contributed by atoms with Crippen LogP contribution >= 0.6 is 0 Å². The minimum Gasteiger partial charge on any atom is -0.268 e. The lowest BCUT2D eigenvalue weighted by molar-refractivity contribution is -0.117. The Morgan fingerprint density at radius 3 is 2.33 bits per heavy atom. The fourth-order valence-electron chi connectivity index (χ4n) is 2.92. The number of sulfonamides is 1. The number of benzene rings is 2. The molecule has 0 unspecified atom stereocenters. The van der Waals surface area contributed by atoms with E-state index in [0.29, 0.717) is 13.1 Å². The molecule has 0 spiro atoms. The molecule has 2 aromatic carbocycles. The summed E-state index contributed by atoms with van der Waals surface area (Å²) < 4.78 is 26.5. The molecule has 8 heteroatoms. The van der Waals surface area contributed by atoms with Crippen LogP contribution in [0, 0.1) is 13.8 Å². The first kappa shape index (κ1) is 23.3. The number of carbonyl (C=O) groups is 2. The van der Waals surface area contributed by atoms with Gasteiger partial charge in [-0.05, 0) is 49.2 Å². The van der Waals surface area contributed by atoms with Gasteiger partial charge in [-0.3, -0.25) is 20.4 Å². The minimum absolute atomic E-state index is 0.0277. The highest BCUT2D eigenvalue weighted by atomic mass is 32.2. The van der Waals surface area contributed by atoms with E-state index in [0.717, 1.165) is 16.7 Å². The fraction of sp³-hybridized carbons (Fsp3) is 0.273. The maximum absolute atomic E-state index is 12.6. The number of nitrogens with one attached hydrogen (secondary N) is 2. The SMILES string of the molecule is CCN(CC)S(=O)(=O)c1cccc(C(=O)NNC(=O)/C=C/c2ccc(C)cc2C)c1. The molecule has 0 aliphatic rings. The number of hydrogen-bond acceptors (Lipinski definition) is 4. The van der Waals surface area contributed by atoms with Crippen molar-refractivity contribution >= 4 is 27.9 Å².